The minimum Gasteiger partial charge on any atom is -0.446 e. The Labute approximate surface area is 123 Å². The molecule has 1 heterocycles. The van der Waals surface area contributed by atoms with Gasteiger partial charge in [0.1, 0.15) is 12.6 Å². The number of aryl methyl sites for hydroxylation is 1. The fourth-order valence-electron chi connectivity index (χ4n) is 2.48. The number of amides is 2. The number of hydrogen-bond donors (Lipinski definition) is 0. The first-order valence-corrected chi connectivity index (χ1v) is 6.79. The quantitative estimate of drug-likeness (QED) is 0.848. The van der Waals surface area contributed by atoms with E-state index >= 15 is 0 Å². The number of nitrogens with zero attached hydrogens (tertiary/aromatic N) is 1. The second kappa shape index (κ2) is 5.40. The summed E-state index contributed by atoms with van der Waals surface area (Å²) in [5, 5.41) is 0. The van der Waals surface area contributed by atoms with Gasteiger partial charge in [-0.15, -0.1) is 0 Å². The molecule has 21 heavy (non-hydrogen) atoms. The monoisotopic (exact) mass is 281 g/mol. The number of hydrogen-bond acceptors (Lipinski definition) is 3. The molecule has 1 saturated heterocycles. The van der Waals surface area contributed by atoms with Crippen molar-refractivity contribution in [2.24, 2.45) is 0 Å². The van der Waals surface area contributed by atoms with Crippen LogP contribution in [0.4, 0.5) is 4.79 Å². The van der Waals surface area contributed by atoms with Crippen LogP contribution in [0.3, 0.4) is 0 Å². The third kappa shape index (κ3) is 2.52. The van der Waals surface area contributed by atoms with E-state index in [1.165, 1.54) is 4.90 Å². The van der Waals surface area contributed by atoms with Gasteiger partial charge >= 0.3 is 6.09 Å². The number of imide groups is 1. The summed E-state index contributed by atoms with van der Waals surface area (Å²) < 4.78 is 5.07. The summed E-state index contributed by atoms with van der Waals surface area (Å²) in [5.74, 6) is -0.324. The molecule has 0 spiro atoms. The summed E-state index contributed by atoms with van der Waals surface area (Å²) in [4.78, 5) is 25.8. The van der Waals surface area contributed by atoms with Gasteiger partial charge < -0.3 is 4.74 Å². The molecule has 4 nitrogen and oxygen atoms in total. The van der Waals surface area contributed by atoms with Crippen molar-refractivity contribution in [1.29, 1.82) is 0 Å². The zero-order chi connectivity index (χ0) is 14.8. The molecular weight excluding hydrogens is 266 g/mol. The highest BCUT2D eigenvalue weighted by Gasteiger charge is 2.39. The van der Waals surface area contributed by atoms with E-state index in [0.717, 1.165) is 11.1 Å². The minimum absolute atomic E-state index is 0.195. The fraction of sp³-hybridized carbons (Fsp3) is 0.176. The molecule has 1 aliphatic heterocycles. The molecule has 4 heteroatoms. The van der Waals surface area contributed by atoms with Crippen LogP contribution in [-0.2, 0) is 4.74 Å². The highest BCUT2D eigenvalue weighted by Crippen LogP contribution is 2.29. The molecule has 0 aromatic heterocycles. The van der Waals surface area contributed by atoms with E-state index in [4.69, 9.17) is 4.74 Å². The molecule has 1 unspecified atom stereocenters. The SMILES string of the molecule is Cc1cccc(C(=O)N2C(=O)OCC2c2ccccc2)c1. The predicted octanol–water partition coefficient (Wildman–Crippen LogP) is 3.33. The van der Waals surface area contributed by atoms with Crippen LogP contribution in [0.25, 0.3) is 0 Å². The summed E-state index contributed by atoms with van der Waals surface area (Å²) in [6.45, 7) is 2.11. The number of cyclic esters (lactones) is 1. The lowest BCUT2D eigenvalue weighted by atomic mass is 10.1. The molecule has 3 rings (SSSR count). The van der Waals surface area contributed by atoms with Crippen LogP contribution >= 0.6 is 0 Å². The van der Waals surface area contributed by atoms with Crippen LogP contribution in [0, 0.1) is 6.92 Å². The molecule has 0 bridgehead atoms. The lowest BCUT2D eigenvalue weighted by Crippen LogP contribution is -2.34. The van der Waals surface area contributed by atoms with Crippen molar-refractivity contribution in [2.45, 2.75) is 13.0 Å². The van der Waals surface area contributed by atoms with Crippen LogP contribution in [-0.4, -0.2) is 23.5 Å². The first-order valence-electron chi connectivity index (χ1n) is 6.79. The average Bonchev–Trinajstić information content (AvgIpc) is 2.89. The molecule has 1 fully saturated rings. The van der Waals surface area contributed by atoms with E-state index in [2.05, 4.69) is 0 Å². The van der Waals surface area contributed by atoms with Crippen LogP contribution in [0.2, 0.25) is 0 Å². The minimum atomic E-state index is -0.588. The van der Waals surface area contributed by atoms with Crippen LogP contribution in [0.1, 0.15) is 27.5 Å². The Hall–Kier alpha value is -2.62. The Kier molecular flexibility index (Phi) is 3.44. The van der Waals surface area contributed by atoms with E-state index < -0.39 is 6.09 Å². The van der Waals surface area contributed by atoms with Crippen molar-refractivity contribution < 1.29 is 14.3 Å². The van der Waals surface area contributed by atoms with Gasteiger partial charge in [-0.05, 0) is 24.6 Å². The summed E-state index contributed by atoms with van der Waals surface area (Å²) in [6.07, 6.45) is -0.588. The lowest BCUT2D eigenvalue weighted by molar-refractivity contribution is 0.0774. The molecule has 0 aliphatic carbocycles. The first-order chi connectivity index (χ1) is 10.2. The van der Waals surface area contributed by atoms with Crippen LogP contribution < -0.4 is 0 Å². The standard InChI is InChI=1S/C17H15NO3/c1-12-6-5-9-14(10-12)16(19)18-15(11-21-17(18)20)13-7-3-2-4-8-13/h2-10,15H,11H2,1H3. The van der Waals surface area contributed by atoms with Gasteiger partial charge in [0.25, 0.3) is 5.91 Å². The lowest BCUT2D eigenvalue weighted by Gasteiger charge is -2.20. The van der Waals surface area contributed by atoms with E-state index in [-0.39, 0.29) is 18.6 Å². The van der Waals surface area contributed by atoms with Gasteiger partial charge in [0.2, 0.25) is 0 Å². The fourth-order valence-corrected chi connectivity index (χ4v) is 2.48. The smallest absolute Gasteiger partial charge is 0.417 e. The van der Waals surface area contributed by atoms with Crippen molar-refractivity contribution in [2.75, 3.05) is 6.61 Å². The van der Waals surface area contributed by atoms with Crippen molar-refractivity contribution in [3.8, 4) is 0 Å². The Balaban J connectivity index is 1.95. The third-order valence-corrected chi connectivity index (χ3v) is 3.54. The number of ether oxygens (including phenoxy) is 1. The number of rotatable bonds is 2. The van der Waals surface area contributed by atoms with Gasteiger partial charge in [-0.2, -0.15) is 0 Å². The summed E-state index contributed by atoms with van der Waals surface area (Å²) in [6, 6.07) is 16.3. The predicted molar refractivity (Wildman–Crippen MR) is 77.9 cm³/mol. The highest BCUT2D eigenvalue weighted by molar-refractivity contribution is 6.04. The first kappa shape index (κ1) is 13.4. The van der Waals surface area contributed by atoms with E-state index in [0.29, 0.717) is 5.56 Å². The Morgan fingerprint density at radius 2 is 1.90 bits per heavy atom. The zero-order valence-corrected chi connectivity index (χ0v) is 11.7. The van der Waals surface area contributed by atoms with Crippen molar-refractivity contribution in [3.63, 3.8) is 0 Å². The topological polar surface area (TPSA) is 46.6 Å². The van der Waals surface area contributed by atoms with Crippen LogP contribution in [0.5, 0.6) is 0 Å². The second-order valence-electron chi connectivity index (χ2n) is 5.05. The maximum Gasteiger partial charge on any atom is 0.417 e. The highest BCUT2D eigenvalue weighted by atomic mass is 16.6. The maximum absolute atomic E-state index is 12.6. The molecule has 2 aromatic carbocycles. The summed E-state index contributed by atoms with van der Waals surface area (Å²) in [7, 11) is 0. The molecular formula is C17H15NO3. The zero-order valence-electron chi connectivity index (χ0n) is 11.7. The van der Waals surface area contributed by atoms with Gasteiger partial charge in [0, 0.05) is 5.56 Å². The van der Waals surface area contributed by atoms with Gasteiger partial charge in [0.15, 0.2) is 0 Å². The van der Waals surface area contributed by atoms with Gasteiger partial charge in [0.05, 0.1) is 0 Å². The molecule has 1 aliphatic rings. The normalized spacial score (nSPS) is 17.7. The van der Waals surface area contributed by atoms with Gasteiger partial charge in [-0.3, -0.25) is 4.79 Å². The molecule has 2 aromatic rings. The summed E-state index contributed by atoms with van der Waals surface area (Å²) >= 11 is 0. The van der Waals surface area contributed by atoms with E-state index in [1.54, 1.807) is 12.1 Å². The van der Waals surface area contributed by atoms with Gasteiger partial charge in [-0.25, -0.2) is 9.69 Å². The largest absolute Gasteiger partial charge is 0.446 e. The van der Waals surface area contributed by atoms with E-state index in [9.17, 15) is 9.59 Å². The average molecular weight is 281 g/mol. The van der Waals surface area contributed by atoms with Gasteiger partial charge in [-0.1, -0.05) is 48.0 Å². The third-order valence-electron chi connectivity index (χ3n) is 3.54. The molecule has 0 N–H and O–H groups in total. The molecule has 1 atom stereocenters. The number of benzene rings is 2. The van der Waals surface area contributed by atoms with Crippen molar-refractivity contribution >= 4 is 12.0 Å². The van der Waals surface area contributed by atoms with E-state index in [1.807, 2.05) is 49.4 Å². The second-order valence-corrected chi connectivity index (χ2v) is 5.05. The Bertz CT molecular complexity index is 681. The van der Waals surface area contributed by atoms with Crippen molar-refractivity contribution in [1.82, 2.24) is 4.90 Å². The van der Waals surface area contributed by atoms with Crippen LogP contribution in [0.15, 0.2) is 54.6 Å². The molecule has 2 amide bonds. The summed E-state index contributed by atoms with van der Waals surface area (Å²) in [5.41, 5.74) is 2.36. The Morgan fingerprint density at radius 3 is 2.62 bits per heavy atom. The maximum atomic E-state index is 12.6. The number of carbonyl (C=O) groups excluding carboxylic acids is 2. The molecule has 106 valence electrons. The molecule has 0 saturated carbocycles. The Morgan fingerprint density at radius 1 is 1.14 bits per heavy atom. The molecule has 0 radical (unpaired) electrons. The number of carbonyl (C=O) groups is 2. The van der Waals surface area contributed by atoms with Crippen molar-refractivity contribution in [3.05, 3.63) is 71.3 Å².